The lowest BCUT2D eigenvalue weighted by atomic mass is 9.93. The third-order valence-corrected chi connectivity index (χ3v) is 2.64. The van der Waals surface area contributed by atoms with E-state index in [4.69, 9.17) is 23.2 Å². The van der Waals surface area contributed by atoms with Gasteiger partial charge in [-0.1, -0.05) is 11.5 Å². The normalized spacial score (nSPS) is 12.0. The first-order chi connectivity index (χ1) is 8.70. The summed E-state index contributed by atoms with van der Waals surface area (Å²) in [4.78, 5) is 13.8. The van der Waals surface area contributed by atoms with Crippen LogP contribution in [0.1, 0.15) is 5.56 Å². The molecule has 2 rings (SSSR count). The molecule has 0 atom stereocenters. The molecule has 0 amide bonds. The molecular formula is C11H9BFNO5. The van der Waals surface area contributed by atoms with Gasteiger partial charge in [-0.3, -0.25) is 4.79 Å². The zero-order chi connectivity index (χ0) is 14.4. The van der Waals surface area contributed by atoms with Gasteiger partial charge in [-0.15, -0.1) is 0 Å². The molecule has 0 spiro atoms. The molecule has 1 heterocycles. The van der Waals surface area contributed by atoms with E-state index in [9.17, 15) is 14.3 Å². The fourth-order valence-corrected chi connectivity index (χ4v) is 1.77. The maximum absolute atomic E-state index is 13.7. The molecular weight excluding hydrogens is 256 g/mol. The molecule has 6 nitrogen and oxygen atoms in total. The number of aromatic hydroxyl groups is 1. The van der Waals surface area contributed by atoms with Gasteiger partial charge in [-0.25, -0.2) is 4.39 Å². The highest BCUT2D eigenvalue weighted by atomic mass is 19.1. The second-order valence-corrected chi connectivity index (χ2v) is 4.12. The molecule has 0 aliphatic rings. The summed E-state index contributed by atoms with van der Waals surface area (Å²) in [5.74, 6) is -4.72. The molecule has 2 radical (unpaired) electrons. The van der Waals surface area contributed by atoms with Gasteiger partial charge in [-0.2, -0.15) is 0 Å². The van der Waals surface area contributed by atoms with Crippen LogP contribution in [0.5, 0.6) is 5.75 Å². The number of hydrogen-bond donors (Lipinski definition) is 5. The highest BCUT2D eigenvalue weighted by Gasteiger charge is 2.25. The summed E-state index contributed by atoms with van der Waals surface area (Å²) >= 11 is 0. The Labute approximate surface area is 107 Å². The average molecular weight is 265 g/mol. The van der Waals surface area contributed by atoms with Crippen LogP contribution in [0, 0.1) is 5.82 Å². The molecule has 98 valence electrons. The predicted octanol–water partition coefficient (Wildman–Crippen LogP) is -1.66. The minimum Gasteiger partial charge on any atom is -0.507 e. The number of benzene rings is 1. The number of hydrogen-bond acceptors (Lipinski definition) is 5. The molecule has 0 aliphatic heterocycles. The molecule has 1 aromatic heterocycles. The summed E-state index contributed by atoms with van der Waals surface area (Å²) in [6.07, 6.45) is -0.934. The average Bonchev–Trinajstić information content (AvgIpc) is 2.29. The molecule has 8 heteroatoms. The minimum atomic E-state index is -3.16. The molecule has 0 fully saturated rings. The van der Waals surface area contributed by atoms with Crippen LogP contribution in [-0.2, 0) is 6.42 Å². The van der Waals surface area contributed by atoms with Gasteiger partial charge in [0.1, 0.15) is 19.4 Å². The molecule has 0 aliphatic carbocycles. The smallest absolute Gasteiger partial charge is 0.279 e. The van der Waals surface area contributed by atoms with Crippen molar-refractivity contribution < 1.29 is 24.8 Å². The number of nitrogens with one attached hydrogen (secondary N) is 1. The van der Waals surface area contributed by atoms with E-state index in [1.54, 1.807) is 0 Å². The minimum absolute atomic E-state index is 0.0643. The van der Waals surface area contributed by atoms with Crippen molar-refractivity contribution in [1.82, 2.24) is 4.98 Å². The van der Waals surface area contributed by atoms with Crippen molar-refractivity contribution in [3.63, 3.8) is 0 Å². The molecule has 0 saturated carbocycles. The first-order valence-electron chi connectivity index (χ1n) is 5.19. The van der Waals surface area contributed by atoms with E-state index in [1.165, 1.54) is 12.1 Å². The van der Waals surface area contributed by atoms with Crippen LogP contribution in [0.2, 0.25) is 0 Å². The van der Waals surface area contributed by atoms with E-state index >= 15 is 0 Å². The summed E-state index contributed by atoms with van der Waals surface area (Å²) in [5.41, 5.74) is -1.96. The fraction of sp³-hybridized carbons (Fsp3) is 0.182. The summed E-state index contributed by atoms with van der Waals surface area (Å²) in [7, 11) is 5.33. The third kappa shape index (κ3) is 2.46. The van der Waals surface area contributed by atoms with Gasteiger partial charge < -0.3 is 25.4 Å². The topological polar surface area (TPSA) is 114 Å². The quantitative estimate of drug-likeness (QED) is 0.329. The van der Waals surface area contributed by atoms with Crippen molar-refractivity contribution in [2.75, 3.05) is 0 Å². The summed E-state index contributed by atoms with van der Waals surface area (Å²) in [6.45, 7) is 0. The van der Waals surface area contributed by atoms with Gasteiger partial charge >= 0.3 is 0 Å². The zero-order valence-corrected chi connectivity index (χ0v) is 9.51. The maximum atomic E-state index is 13.7. The van der Waals surface area contributed by atoms with E-state index in [2.05, 4.69) is 4.98 Å². The van der Waals surface area contributed by atoms with Gasteiger partial charge in [0.05, 0.1) is 17.5 Å². The van der Waals surface area contributed by atoms with Crippen LogP contribution in [0.15, 0.2) is 16.9 Å². The van der Waals surface area contributed by atoms with E-state index in [0.717, 1.165) is 0 Å². The molecule has 0 bridgehead atoms. The van der Waals surface area contributed by atoms with Crippen molar-refractivity contribution in [3.05, 3.63) is 33.9 Å². The van der Waals surface area contributed by atoms with Crippen molar-refractivity contribution >= 4 is 24.2 Å². The fourth-order valence-electron chi connectivity index (χ4n) is 1.77. The van der Waals surface area contributed by atoms with Crippen LogP contribution < -0.4 is 11.0 Å². The van der Waals surface area contributed by atoms with Crippen molar-refractivity contribution in [1.29, 1.82) is 0 Å². The zero-order valence-electron chi connectivity index (χ0n) is 9.51. The lowest BCUT2D eigenvalue weighted by molar-refractivity contribution is -0.309. The second kappa shape index (κ2) is 4.34. The standard InChI is InChI=1S/C11H9BFNO5/c12-6-2-1-4-8(7(6)13)14-10(16)5(9(4)15)3-11(17,18)19/h1-2,17-19H,3H2,(H2,14,15,16). The van der Waals surface area contributed by atoms with Gasteiger partial charge in [0, 0.05) is 5.39 Å². The first kappa shape index (κ1) is 13.5. The Morgan fingerprint density at radius 3 is 2.53 bits per heavy atom. The predicted molar refractivity (Wildman–Crippen MR) is 64.7 cm³/mol. The highest BCUT2D eigenvalue weighted by Crippen LogP contribution is 2.26. The monoisotopic (exact) mass is 265 g/mol. The van der Waals surface area contributed by atoms with Crippen molar-refractivity contribution in [3.8, 4) is 5.75 Å². The number of aliphatic hydroxyl groups is 3. The van der Waals surface area contributed by atoms with E-state index in [1.807, 2.05) is 0 Å². The van der Waals surface area contributed by atoms with Crippen molar-refractivity contribution in [2.24, 2.45) is 0 Å². The lowest BCUT2D eigenvalue weighted by Crippen LogP contribution is -2.33. The molecule has 19 heavy (non-hydrogen) atoms. The molecule has 1 aromatic carbocycles. The molecule has 5 N–H and O–H groups in total. The number of aromatic amines is 1. The van der Waals surface area contributed by atoms with Crippen LogP contribution in [0.25, 0.3) is 10.9 Å². The van der Waals surface area contributed by atoms with Crippen LogP contribution in [0.4, 0.5) is 4.39 Å². The SMILES string of the molecule is [B]c1ccc2c(O)c(CC(O)(O)O)c(=O)[nH]c2c1F. The van der Waals surface area contributed by atoms with Gasteiger partial charge in [0.15, 0.2) is 0 Å². The Morgan fingerprint density at radius 1 is 1.32 bits per heavy atom. The van der Waals surface area contributed by atoms with Gasteiger partial charge in [-0.05, 0) is 6.07 Å². The van der Waals surface area contributed by atoms with Crippen molar-refractivity contribution in [2.45, 2.75) is 12.4 Å². The Hall–Kier alpha value is -1.90. The Bertz CT molecular complexity index is 707. The van der Waals surface area contributed by atoms with E-state index < -0.39 is 35.1 Å². The summed E-state index contributed by atoms with van der Waals surface area (Å²) < 4.78 is 13.7. The number of aromatic nitrogens is 1. The van der Waals surface area contributed by atoms with Crippen LogP contribution in [0.3, 0.4) is 0 Å². The number of pyridine rings is 1. The van der Waals surface area contributed by atoms with Crippen LogP contribution >= 0.6 is 0 Å². The summed E-state index contributed by atoms with van der Waals surface area (Å²) in [5, 5.41) is 36.3. The summed E-state index contributed by atoms with van der Waals surface area (Å²) in [6, 6.07) is 2.44. The number of H-pyrrole nitrogens is 1. The van der Waals surface area contributed by atoms with E-state index in [-0.39, 0.29) is 16.4 Å². The van der Waals surface area contributed by atoms with Gasteiger partial charge in [0.2, 0.25) is 0 Å². The molecule has 0 unspecified atom stereocenters. The number of halogens is 1. The Balaban J connectivity index is 2.77. The second-order valence-electron chi connectivity index (χ2n) is 4.12. The Morgan fingerprint density at radius 2 is 1.95 bits per heavy atom. The Kier molecular flexibility index (Phi) is 3.09. The maximum Gasteiger partial charge on any atom is 0.279 e. The number of fused-ring (bicyclic) bond motifs is 1. The number of rotatable bonds is 2. The van der Waals surface area contributed by atoms with Crippen LogP contribution in [-0.4, -0.2) is 39.2 Å². The lowest BCUT2D eigenvalue weighted by Gasteiger charge is -2.15. The molecule has 2 aromatic rings. The third-order valence-electron chi connectivity index (χ3n) is 2.64. The largest absolute Gasteiger partial charge is 0.507 e. The highest BCUT2D eigenvalue weighted by molar-refractivity contribution is 6.33. The first-order valence-corrected chi connectivity index (χ1v) is 5.19. The van der Waals surface area contributed by atoms with E-state index in [0.29, 0.717) is 0 Å². The molecule has 0 saturated heterocycles. The van der Waals surface area contributed by atoms with Gasteiger partial charge in [0.25, 0.3) is 11.5 Å².